The summed E-state index contributed by atoms with van der Waals surface area (Å²) in [5.41, 5.74) is 1.89. The first-order valence-corrected chi connectivity index (χ1v) is 6.90. The molecule has 3 rings (SSSR count). The van der Waals surface area contributed by atoms with Crippen LogP contribution >= 0.6 is 0 Å². The minimum Gasteiger partial charge on any atom is -0.451 e. The molecule has 102 valence electrons. The minimum absolute atomic E-state index is 0.108. The Morgan fingerprint density at radius 3 is 2.95 bits per heavy atom. The Morgan fingerprint density at radius 2 is 2.25 bits per heavy atom. The van der Waals surface area contributed by atoms with Crippen molar-refractivity contribution in [3.8, 4) is 12.3 Å². The molecular formula is C17H17NO2. The second kappa shape index (κ2) is 5.05. The number of nitrogens with zero attached hydrogens (tertiary/aromatic N) is 1. The molecule has 1 heterocycles. The van der Waals surface area contributed by atoms with E-state index in [2.05, 4.69) is 5.92 Å². The van der Waals surface area contributed by atoms with Gasteiger partial charge in [-0.1, -0.05) is 17.6 Å². The summed E-state index contributed by atoms with van der Waals surface area (Å²) in [4.78, 5) is 14.2. The quantitative estimate of drug-likeness (QED) is 0.797. The summed E-state index contributed by atoms with van der Waals surface area (Å²) >= 11 is 0. The fraction of sp³-hybridized carbons (Fsp3) is 0.353. The van der Waals surface area contributed by atoms with Crippen LogP contribution in [0.25, 0.3) is 11.0 Å². The van der Waals surface area contributed by atoms with E-state index in [1.807, 2.05) is 25.1 Å². The van der Waals surface area contributed by atoms with E-state index < -0.39 is 0 Å². The standard InChI is InChI=1S/C17H17NO2/c1-3-8-18(11-13-5-6-13)17(19)16-10-14-9-12(2)4-7-15(14)20-16/h1,4,7,9-10,13H,5-6,8,11H2,2H3. The molecule has 1 aromatic heterocycles. The van der Waals surface area contributed by atoms with Crippen LogP contribution in [-0.2, 0) is 0 Å². The van der Waals surface area contributed by atoms with Crippen LogP contribution < -0.4 is 0 Å². The number of hydrogen-bond donors (Lipinski definition) is 0. The zero-order chi connectivity index (χ0) is 14.1. The predicted molar refractivity (Wildman–Crippen MR) is 78.4 cm³/mol. The van der Waals surface area contributed by atoms with Crippen LogP contribution in [0.3, 0.4) is 0 Å². The van der Waals surface area contributed by atoms with Gasteiger partial charge in [-0.2, -0.15) is 0 Å². The largest absolute Gasteiger partial charge is 0.451 e. The van der Waals surface area contributed by atoms with E-state index in [0.717, 1.165) is 23.1 Å². The van der Waals surface area contributed by atoms with E-state index >= 15 is 0 Å². The highest BCUT2D eigenvalue weighted by atomic mass is 16.3. The van der Waals surface area contributed by atoms with E-state index in [0.29, 0.717) is 18.2 Å². The number of rotatable bonds is 4. The number of benzene rings is 1. The minimum atomic E-state index is -0.108. The van der Waals surface area contributed by atoms with Crippen LogP contribution in [0.5, 0.6) is 0 Å². The third-order valence-corrected chi connectivity index (χ3v) is 3.63. The lowest BCUT2D eigenvalue weighted by Gasteiger charge is -2.18. The van der Waals surface area contributed by atoms with Crippen molar-refractivity contribution in [3.63, 3.8) is 0 Å². The summed E-state index contributed by atoms with van der Waals surface area (Å²) in [6.07, 6.45) is 7.74. The molecule has 0 spiro atoms. The molecule has 1 saturated carbocycles. The highest BCUT2D eigenvalue weighted by molar-refractivity contribution is 5.96. The van der Waals surface area contributed by atoms with E-state index in [1.165, 1.54) is 12.8 Å². The number of fused-ring (bicyclic) bond motifs is 1. The number of carbonyl (C=O) groups excluding carboxylic acids is 1. The zero-order valence-electron chi connectivity index (χ0n) is 11.6. The van der Waals surface area contributed by atoms with Crippen LogP contribution in [0.15, 0.2) is 28.7 Å². The monoisotopic (exact) mass is 267 g/mol. The summed E-state index contributed by atoms with van der Waals surface area (Å²) in [5, 5.41) is 0.959. The maximum atomic E-state index is 12.5. The van der Waals surface area contributed by atoms with Crippen molar-refractivity contribution < 1.29 is 9.21 Å². The topological polar surface area (TPSA) is 33.5 Å². The van der Waals surface area contributed by atoms with Gasteiger partial charge in [-0.25, -0.2) is 0 Å². The molecule has 2 aromatic rings. The number of amides is 1. The molecule has 20 heavy (non-hydrogen) atoms. The Labute approximate surface area is 118 Å². The first-order chi connectivity index (χ1) is 9.67. The molecule has 1 amide bonds. The lowest BCUT2D eigenvalue weighted by Crippen LogP contribution is -2.33. The van der Waals surface area contributed by atoms with Crippen molar-refractivity contribution in [1.82, 2.24) is 4.90 Å². The van der Waals surface area contributed by atoms with Crippen molar-refractivity contribution in [2.24, 2.45) is 5.92 Å². The molecule has 3 heteroatoms. The number of furan rings is 1. The van der Waals surface area contributed by atoms with Crippen molar-refractivity contribution in [2.75, 3.05) is 13.1 Å². The van der Waals surface area contributed by atoms with Gasteiger partial charge in [0.15, 0.2) is 5.76 Å². The maximum absolute atomic E-state index is 12.5. The second-order valence-corrected chi connectivity index (χ2v) is 5.49. The molecule has 0 saturated heterocycles. The smallest absolute Gasteiger partial charge is 0.290 e. The van der Waals surface area contributed by atoms with Gasteiger partial charge in [0.25, 0.3) is 5.91 Å². The molecular weight excluding hydrogens is 250 g/mol. The highest BCUT2D eigenvalue weighted by Crippen LogP contribution is 2.30. The third-order valence-electron chi connectivity index (χ3n) is 3.63. The lowest BCUT2D eigenvalue weighted by molar-refractivity contribution is 0.0740. The van der Waals surface area contributed by atoms with E-state index in [1.54, 1.807) is 11.0 Å². The molecule has 3 nitrogen and oxygen atoms in total. The number of carbonyl (C=O) groups is 1. The molecule has 1 aliphatic carbocycles. The van der Waals surface area contributed by atoms with Gasteiger partial charge in [-0.3, -0.25) is 4.79 Å². The van der Waals surface area contributed by atoms with Crippen molar-refractivity contribution >= 4 is 16.9 Å². The summed E-state index contributed by atoms with van der Waals surface area (Å²) < 4.78 is 5.65. The van der Waals surface area contributed by atoms with Crippen LogP contribution in [0, 0.1) is 25.2 Å². The SMILES string of the molecule is C#CCN(CC1CC1)C(=O)c1cc2cc(C)ccc2o1. The molecule has 1 fully saturated rings. The predicted octanol–water partition coefficient (Wildman–Crippen LogP) is 3.23. The molecule has 0 N–H and O–H groups in total. The third kappa shape index (κ3) is 2.55. The van der Waals surface area contributed by atoms with Gasteiger partial charge in [-0.05, 0) is 43.9 Å². The van der Waals surface area contributed by atoms with Gasteiger partial charge < -0.3 is 9.32 Å². The molecule has 1 aliphatic rings. The molecule has 0 unspecified atom stereocenters. The summed E-state index contributed by atoms with van der Waals surface area (Å²) in [6, 6.07) is 7.69. The Balaban J connectivity index is 1.87. The number of hydrogen-bond acceptors (Lipinski definition) is 2. The fourth-order valence-electron chi connectivity index (χ4n) is 2.37. The van der Waals surface area contributed by atoms with Crippen LogP contribution in [0.1, 0.15) is 29.0 Å². The average molecular weight is 267 g/mol. The lowest BCUT2D eigenvalue weighted by atomic mass is 10.2. The fourth-order valence-corrected chi connectivity index (χ4v) is 2.37. The van der Waals surface area contributed by atoms with E-state index in [9.17, 15) is 4.79 Å². The van der Waals surface area contributed by atoms with E-state index in [-0.39, 0.29) is 5.91 Å². The summed E-state index contributed by atoms with van der Waals surface area (Å²) in [7, 11) is 0. The maximum Gasteiger partial charge on any atom is 0.290 e. The average Bonchev–Trinajstić information content (AvgIpc) is 3.14. The Bertz CT molecular complexity index is 689. The van der Waals surface area contributed by atoms with Gasteiger partial charge in [0.05, 0.1) is 6.54 Å². The Kier molecular flexibility index (Phi) is 3.23. The summed E-state index contributed by atoms with van der Waals surface area (Å²) in [6.45, 7) is 3.09. The zero-order valence-corrected chi connectivity index (χ0v) is 11.6. The van der Waals surface area contributed by atoms with Gasteiger partial charge >= 0.3 is 0 Å². The number of terminal acetylenes is 1. The molecule has 0 atom stereocenters. The van der Waals surface area contributed by atoms with Gasteiger partial charge in [-0.15, -0.1) is 6.42 Å². The van der Waals surface area contributed by atoms with Crippen LogP contribution in [-0.4, -0.2) is 23.9 Å². The van der Waals surface area contributed by atoms with E-state index in [4.69, 9.17) is 10.8 Å². The van der Waals surface area contributed by atoms with Gasteiger partial charge in [0.1, 0.15) is 5.58 Å². The first-order valence-electron chi connectivity index (χ1n) is 6.90. The first kappa shape index (κ1) is 12.8. The molecule has 0 bridgehead atoms. The van der Waals surface area contributed by atoms with Crippen molar-refractivity contribution in [2.45, 2.75) is 19.8 Å². The normalized spacial score (nSPS) is 14.2. The highest BCUT2D eigenvalue weighted by Gasteiger charge is 2.28. The second-order valence-electron chi connectivity index (χ2n) is 5.49. The van der Waals surface area contributed by atoms with Gasteiger partial charge in [0.2, 0.25) is 0 Å². The molecule has 0 aliphatic heterocycles. The molecule has 0 radical (unpaired) electrons. The number of aryl methyl sites for hydroxylation is 1. The van der Waals surface area contributed by atoms with Crippen LogP contribution in [0.2, 0.25) is 0 Å². The van der Waals surface area contributed by atoms with Gasteiger partial charge in [0, 0.05) is 11.9 Å². The molecule has 1 aromatic carbocycles. The Morgan fingerprint density at radius 1 is 1.45 bits per heavy atom. The summed E-state index contributed by atoms with van der Waals surface area (Å²) in [5.74, 6) is 3.44. The van der Waals surface area contributed by atoms with Crippen molar-refractivity contribution in [1.29, 1.82) is 0 Å². The Hall–Kier alpha value is -2.21. The van der Waals surface area contributed by atoms with Crippen molar-refractivity contribution in [3.05, 3.63) is 35.6 Å². The van der Waals surface area contributed by atoms with Crippen LogP contribution in [0.4, 0.5) is 0 Å².